The molecule has 0 aliphatic carbocycles. The van der Waals surface area contributed by atoms with Crippen molar-refractivity contribution in [2.45, 2.75) is 71.2 Å². The van der Waals surface area contributed by atoms with Crippen molar-refractivity contribution >= 4 is 44.3 Å². The van der Waals surface area contributed by atoms with E-state index in [4.69, 9.17) is 9.72 Å². The Kier molecular flexibility index (Phi) is 8.79. The molecule has 16 heteroatoms. The molecular weight excluding hydrogens is 613 g/mol. The number of hydrogen-bond donors (Lipinski definition) is 2. The second-order valence-corrected chi connectivity index (χ2v) is 13.8. The van der Waals surface area contributed by atoms with Crippen LogP contribution in [0, 0.1) is 0 Å². The van der Waals surface area contributed by atoms with Gasteiger partial charge < -0.3 is 15.0 Å². The van der Waals surface area contributed by atoms with E-state index in [0.717, 1.165) is 41.2 Å². The smallest absolute Gasteiger partial charge is 0.410 e. The summed E-state index contributed by atoms with van der Waals surface area (Å²) >= 11 is 0. The molecular formula is C29H35F3N8O4S. The van der Waals surface area contributed by atoms with Gasteiger partial charge in [0.15, 0.2) is 5.82 Å². The van der Waals surface area contributed by atoms with Gasteiger partial charge in [0.25, 0.3) is 0 Å². The zero-order valence-electron chi connectivity index (χ0n) is 25.3. The Labute approximate surface area is 258 Å². The van der Waals surface area contributed by atoms with Crippen LogP contribution in [0.5, 0.6) is 0 Å². The van der Waals surface area contributed by atoms with Crippen molar-refractivity contribution in [1.82, 2.24) is 29.5 Å². The second-order valence-electron chi connectivity index (χ2n) is 11.9. The molecule has 0 bridgehead atoms. The molecule has 0 radical (unpaired) electrons. The van der Waals surface area contributed by atoms with Gasteiger partial charge in [-0.1, -0.05) is 6.92 Å². The van der Waals surface area contributed by atoms with E-state index in [-0.39, 0.29) is 23.5 Å². The number of rotatable bonds is 8. The van der Waals surface area contributed by atoms with Gasteiger partial charge in [0.2, 0.25) is 16.0 Å². The van der Waals surface area contributed by atoms with Crippen LogP contribution in [0.15, 0.2) is 36.8 Å². The molecule has 0 spiro atoms. The van der Waals surface area contributed by atoms with Gasteiger partial charge in [-0.2, -0.15) is 18.3 Å². The Bertz CT molecular complexity index is 1820. The summed E-state index contributed by atoms with van der Waals surface area (Å²) in [4.78, 5) is 27.6. The zero-order chi connectivity index (χ0) is 32.6. The number of piperidine rings is 1. The fourth-order valence-electron chi connectivity index (χ4n) is 5.16. The molecule has 1 aliphatic heterocycles. The van der Waals surface area contributed by atoms with Crippen LogP contribution < -0.4 is 10.0 Å². The molecule has 12 nitrogen and oxygen atoms in total. The maximum atomic E-state index is 12.6. The van der Waals surface area contributed by atoms with Gasteiger partial charge in [-0.3, -0.25) is 4.72 Å². The third-order valence-electron chi connectivity index (χ3n) is 7.20. The second kappa shape index (κ2) is 12.3. The SMILES string of the molecule is CCc1cc(-c2ccc3c(NS(=O)(=O)CCC(F)(F)F)ncnn23)cc2cnc(N[C@H]3CCCN(C(=O)OC(C)(C)C)C3)nc12. The van der Waals surface area contributed by atoms with Gasteiger partial charge in [-0.05, 0) is 69.9 Å². The quantitative estimate of drug-likeness (QED) is 0.256. The number of alkyl halides is 3. The molecule has 45 heavy (non-hydrogen) atoms. The van der Waals surface area contributed by atoms with Crippen LogP contribution in [0.1, 0.15) is 52.5 Å². The molecule has 4 aromatic rings. The van der Waals surface area contributed by atoms with Crippen LogP contribution in [-0.2, 0) is 21.2 Å². The highest BCUT2D eigenvalue weighted by molar-refractivity contribution is 7.92. The van der Waals surface area contributed by atoms with E-state index in [1.807, 2.05) is 39.8 Å². The Hall–Kier alpha value is -4.21. The molecule has 5 rings (SSSR count). The first-order valence-electron chi connectivity index (χ1n) is 14.6. The highest BCUT2D eigenvalue weighted by Gasteiger charge is 2.31. The number of likely N-dealkylation sites (tertiary alicyclic amines) is 1. The highest BCUT2D eigenvalue weighted by Crippen LogP contribution is 2.31. The normalized spacial score (nSPS) is 16.2. The lowest BCUT2D eigenvalue weighted by Crippen LogP contribution is -2.47. The average Bonchev–Trinajstić information content (AvgIpc) is 3.40. The molecule has 1 aliphatic rings. The Morgan fingerprint density at radius 2 is 1.93 bits per heavy atom. The number of hydrogen-bond acceptors (Lipinski definition) is 9. The van der Waals surface area contributed by atoms with E-state index in [1.54, 1.807) is 23.2 Å². The standard InChI is InChI=1S/C29H35F3N8O4S/c1-5-18-13-19(22-8-9-23-25(34-17-35-40(22)23)38-45(42,43)12-10-29(30,31)32)14-20-15-33-26(37-24(18)20)36-21-7-6-11-39(16-21)27(41)44-28(2,3)4/h8-9,13-15,17,21H,5-7,10-12,16H2,1-4H3,(H,33,36,37)(H,34,35,38)/t21-/m0/s1. The van der Waals surface area contributed by atoms with Gasteiger partial charge in [-0.25, -0.2) is 32.7 Å². The lowest BCUT2D eigenvalue weighted by atomic mass is 10.0. The number of carbonyl (C=O) groups is 1. The number of nitrogens with zero attached hydrogens (tertiary/aromatic N) is 6. The number of fused-ring (bicyclic) bond motifs is 2. The number of benzene rings is 1. The largest absolute Gasteiger partial charge is 0.444 e. The minimum Gasteiger partial charge on any atom is -0.444 e. The van der Waals surface area contributed by atoms with Crippen molar-refractivity contribution in [2.24, 2.45) is 0 Å². The number of anilines is 2. The van der Waals surface area contributed by atoms with Gasteiger partial charge in [0.1, 0.15) is 17.4 Å². The molecule has 0 saturated carbocycles. The maximum Gasteiger partial charge on any atom is 0.410 e. The molecule has 1 atom stereocenters. The number of sulfonamides is 1. The van der Waals surface area contributed by atoms with E-state index in [0.29, 0.717) is 31.2 Å². The average molecular weight is 649 g/mol. The van der Waals surface area contributed by atoms with E-state index in [2.05, 4.69) is 25.1 Å². The number of ether oxygens (including phenoxy) is 1. The van der Waals surface area contributed by atoms with Gasteiger partial charge in [-0.15, -0.1) is 0 Å². The van der Waals surface area contributed by atoms with E-state index < -0.39 is 34.0 Å². The molecule has 4 heterocycles. The summed E-state index contributed by atoms with van der Waals surface area (Å²) in [5, 5.41) is 8.40. The van der Waals surface area contributed by atoms with Crippen molar-refractivity contribution in [3.63, 3.8) is 0 Å². The maximum absolute atomic E-state index is 12.6. The van der Waals surface area contributed by atoms with E-state index >= 15 is 0 Å². The summed E-state index contributed by atoms with van der Waals surface area (Å²) in [6.07, 6.45) is -1.25. The molecule has 1 fully saturated rings. The van der Waals surface area contributed by atoms with Crippen LogP contribution in [-0.4, -0.2) is 80.6 Å². The Morgan fingerprint density at radius 1 is 1.16 bits per heavy atom. The first kappa shape index (κ1) is 32.2. The monoisotopic (exact) mass is 648 g/mol. The summed E-state index contributed by atoms with van der Waals surface area (Å²) in [6, 6.07) is 7.14. The van der Waals surface area contributed by atoms with Crippen LogP contribution >= 0.6 is 0 Å². The fourth-order valence-corrected chi connectivity index (χ4v) is 6.21. The number of halogens is 3. The molecule has 0 unspecified atom stereocenters. The predicted octanol–water partition coefficient (Wildman–Crippen LogP) is 5.41. The van der Waals surface area contributed by atoms with E-state index in [1.165, 1.54) is 4.52 Å². The topological polar surface area (TPSA) is 144 Å². The first-order chi connectivity index (χ1) is 21.1. The number of nitrogens with one attached hydrogen (secondary N) is 2. The van der Waals surface area contributed by atoms with Crippen LogP contribution in [0.2, 0.25) is 0 Å². The minimum absolute atomic E-state index is 0.0417. The van der Waals surface area contributed by atoms with Crippen LogP contribution in [0.25, 0.3) is 27.7 Å². The van der Waals surface area contributed by atoms with Crippen LogP contribution in [0.4, 0.5) is 29.7 Å². The zero-order valence-corrected chi connectivity index (χ0v) is 26.2. The number of aryl methyl sites for hydroxylation is 1. The summed E-state index contributed by atoms with van der Waals surface area (Å²) in [7, 11) is -4.31. The third-order valence-corrected chi connectivity index (χ3v) is 8.45. The summed E-state index contributed by atoms with van der Waals surface area (Å²) in [6.45, 7) is 8.61. The lowest BCUT2D eigenvalue weighted by molar-refractivity contribution is -0.129. The third kappa shape index (κ3) is 7.90. The first-order valence-corrected chi connectivity index (χ1v) is 16.2. The van der Waals surface area contributed by atoms with Crippen molar-refractivity contribution < 1.29 is 31.1 Å². The number of amides is 1. The number of aromatic nitrogens is 5. The van der Waals surface area contributed by atoms with Crippen molar-refractivity contribution in [1.29, 1.82) is 0 Å². The Balaban J connectivity index is 1.38. The van der Waals surface area contributed by atoms with Gasteiger partial charge in [0.05, 0.1) is 23.4 Å². The molecule has 3 aromatic heterocycles. The van der Waals surface area contributed by atoms with Crippen molar-refractivity contribution in [3.8, 4) is 11.3 Å². The molecule has 1 aromatic carbocycles. The van der Waals surface area contributed by atoms with Crippen molar-refractivity contribution in [3.05, 3.63) is 42.4 Å². The van der Waals surface area contributed by atoms with E-state index in [9.17, 15) is 26.4 Å². The summed E-state index contributed by atoms with van der Waals surface area (Å²) < 4.78 is 71.6. The fraction of sp³-hybridized carbons (Fsp3) is 0.483. The lowest BCUT2D eigenvalue weighted by Gasteiger charge is -2.34. The summed E-state index contributed by atoms with van der Waals surface area (Å²) in [5.74, 6) is -0.795. The molecule has 242 valence electrons. The predicted molar refractivity (Wildman–Crippen MR) is 163 cm³/mol. The molecule has 1 saturated heterocycles. The van der Waals surface area contributed by atoms with Gasteiger partial charge in [0, 0.05) is 36.3 Å². The van der Waals surface area contributed by atoms with Crippen molar-refractivity contribution in [2.75, 3.05) is 28.9 Å². The molecule has 2 N–H and O–H groups in total. The van der Waals surface area contributed by atoms with Crippen LogP contribution in [0.3, 0.4) is 0 Å². The van der Waals surface area contributed by atoms with Gasteiger partial charge >= 0.3 is 12.3 Å². The highest BCUT2D eigenvalue weighted by atomic mass is 32.2. The Morgan fingerprint density at radius 3 is 2.64 bits per heavy atom. The number of carbonyl (C=O) groups excluding carboxylic acids is 1. The minimum atomic E-state index is -4.61. The molecule has 1 amide bonds. The summed E-state index contributed by atoms with van der Waals surface area (Å²) in [5.41, 5.74) is 2.77.